The predicted molar refractivity (Wildman–Crippen MR) is 58.7 cm³/mol. The molecule has 1 aromatic heterocycles. The van der Waals surface area contributed by atoms with E-state index in [1.165, 1.54) is 32.1 Å². The lowest BCUT2D eigenvalue weighted by molar-refractivity contribution is 0.320. The number of aromatic nitrogens is 2. The lowest BCUT2D eigenvalue weighted by Gasteiger charge is -2.28. The summed E-state index contributed by atoms with van der Waals surface area (Å²) >= 11 is 0. The number of hydrogen-bond donors (Lipinski definition) is 1. The minimum Gasteiger partial charge on any atom is -0.335 e. The van der Waals surface area contributed by atoms with Crippen LogP contribution in [0.25, 0.3) is 0 Å². The van der Waals surface area contributed by atoms with E-state index >= 15 is 0 Å². The summed E-state index contributed by atoms with van der Waals surface area (Å²) in [6.45, 7) is 4.11. The predicted octanol–water partition coefficient (Wildman–Crippen LogP) is 2.76. The Morgan fingerprint density at radius 3 is 3.00 bits per heavy atom. The second kappa shape index (κ2) is 4.64. The summed E-state index contributed by atoms with van der Waals surface area (Å²) in [6, 6.07) is 1.10. The Morgan fingerprint density at radius 1 is 1.47 bits per heavy atom. The van der Waals surface area contributed by atoms with Gasteiger partial charge in [-0.3, -0.25) is 0 Å². The van der Waals surface area contributed by atoms with E-state index in [0.29, 0.717) is 17.9 Å². The van der Waals surface area contributed by atoms with Gasteiger partial charge in [0.05, 0.1) is 0 Å². The Hall–Kier alpha value is -1.06. The van der Waals surface area contributed by atoms with Crippen LogP contribution in [0.5, 0.6) is 0 Å². The zero-order valence-electron chi connectivity index (χ0n) is 9.49. The topological polar surface area (TPSA) is 51.0 Å². The molecule has 2 atom stereocenters. The van der Waals surface area contributed by atoms with Crippen molar-refractivity contribution >= 4 is 6.01 Å². The molecule has 15 heavy (non-hydrogen) atoms. The standard InChI is InChI=1S/C11H19N3O/c1-3-9-5-4-6-10(7-9)13-11-12-8(2)14-15-11/h9-10H,3-7H2,1-2H3,(H,12,13,14). The molecule has 0 spiro atoms. The van der Waals surface area contributed by atoms with Gasteiger partial charge in [0.2, 0.25) is 0 Å². The molecule has 1 fully saturated rings. The van der Waals surface area contributed by atoms with Gasteiger partial charge in [0.15, 0.2) is 5.82 Å². The van der Waals surface area contributed by atoms with Gasteiger partial charge >= 0.3 is 6.01 Å². The van der Waals surface area contributed by atoms with Crippen molar-refractivity contribution in [2.24, 2.45) is 5.92 Å². The molecule has 1 aliphatic carbocycles. The zero-order valence-corrected chi connectivity index (χ0v) is 9.49. The van der Waals surface area contributed by atoms with Gasteiger partial charge < -0.3 is 9.84 Å². The first kappa shape index (κ1) is 10.5. The monoisotopic (exact) mass is 209 g/mol. The lowest BCUT2D eigenvalue weighted by Crippen LogP contribution is -2.27. The third kappa shape index (κ3) is 2.70. The summed E-state index contributed by atoms with van der Waals surface area (Å²) in [5.74, 6) is 1.56. The zero-order chi connectivity index (χ0) is 10.7. The summed E-state index contributed by atoms with van der Waals surface area (Å²) in [5.41, 5.74) is 0. The van der Waals surface area contributed by atoms with Crippen LogP contribution < -0.4 is 5.32 Å². The average Bonchev–Trinajstić information content (AvgIpc) is 2.64. The molecule has 4 heteroatoms. The Labute approximate surface area is 90.4 Å². The average molecular weight is 209 g/mol. The number of aryl methyl sites for hydroxylation is 1. The van der Waals surface area contributed by atoms with Crippen molar-refractivity contribution in [1.82, 2.24) is 10.1 Å². The fourth-order valence-corrected chi connectivity index (χ4v) is 2.32. The molecule has 0 radical (unpaired) electrons. The molecule has 0 saturated heterocycles. The van der Waals surface area contributed by atoms with Crippen LogP contribution in [0.4, 0.5) is 6.01 Å². The Morgan fingerprint density at radius 2 is 2.33 bits per heavy atom. The van der Waals surface area contributed by atoms with Crippen LogP contribution in [0.15, 0.2) is 4.52 Å². The van der Waals surface area contributed by atoms with E-state index < -0.39 is 0 Å². The maximum Gasteiger partial charge on any atom is 0.321 e. The second-order valence-corrected chi connectivity index (χ2v) is 4.43. The summed E-state index contributed by atoms with van der Waals surface area (Å²) in [5, 5.41) is 7.10. The maximum absolute atomic E-state index is 5.06. The maximum atomic E-state index is 5.06. The Balaban J connectivity index is 1.88. The molecule has 4 nitrogen and oxygen atoms in total. The second-order valence-electron chi connectivity index (χ2n) is 4.43. The smallest absolute Gasteiger partial charge is 0.321 e. The minimum atomic E-state index is 0.517. The van der Waals surface area contributed by atoms with Crippen molar-refractivity contribution in [2.45, 2.75) is 52.0 Å². The molecule has 2 rings (SSSR count). The highest BCUT2D eigenvalue weighted by Gasteiger charge is 2.21. The summed E-state index contributed by atoms with van der Waals surface area (Å²) in [4.78, 5) is 4.17. The number of nitrogens with zero attached hydrogens (tertiary/aromatic N) is 2. The van der Waals surface area contributed by atoms with Gasteiger partial charge in [-0.1, -0.05) is 31.3 Å². The molecule has 0 amide bonds. The summed E-state index contributed by atoms with van der Waals surface area (Å²) in [6.07, 6.45) is 6.41. The first-order valence-corrected chi connectivity index (χ1v) is 5.84. The van der Waals surface area contributed by atoms with Crippen molar-refractivity contribution in [2.75, 3.05) is 5.32 Å². The minimum absolute atomic E-state index is 0.517. The number of nitrogens with one attached hydrogen (secondary N) is 1. The third-order valence-electron chi connectivity index (χ3n) is 3.22. The number of anilines is 1. The molecule has 0 bridgehead atoms. The fourth-order valence-electron chi connectivity index (χ4n) is 2.32. The van der Waals surface area contributed by atoms with Crippen molar-refractivity contribution in [3.05, 3.63) is 5.82 Å². The highest BCUT2D eigenvalue weighted by Crippen LogP contribution is 2.28. The Kier molecular flexibility index (Phi) is 3.23. The van der Waals surface area contributed by atoms with Gasteiger partial charge in [0, 0.05) is 6.04 Å². The van der Waals surface area contributed by atoms with Gasteiger partial charge in [-0.2, -0.15) is 4.98 Å². The van der Waals surface area contributed by atoms with E-state index in [2.05, 4.69) is 22.4 Å². The Bertz CT molecular complexity index is 311. The lowest BCUT2D eigenvalue weighted by atomic mass is 9.84. The highest BCUT2D eigenvalue weighted by molar-refractivity contribution is 5.20. The fraction of sp³-hybridized carbons (Fsp3) is 0.818. The molecule has 1 aromatic rings. The van der Waals surface area contributed by atoms with Gasteiger partial charge in [-0.15, -0.1) is 0 Å². The van der Waals surface area contributed by atoms with Crippen molar-refractivity contribution < 1.29 is 4.52 Å². The van der Waals surface area contributed by atoms with Gasteiger partial charge in [0.25, 0.3) is 0 Å². The van der Waals surface area contributed by atoms with Crippen LogP contribution in [0, 0.1) is 12.8 Å². The first-order valence-electron chi connectivity index (χ1n) is 5.84. The summed E-state index contributed by atoms with van der Waals surface area (Å²) in [7, 11) is 0. The van der Waals surface area contributed by atoms with Crippen LogP contribution in [-0.4, -0.2) is 16.2 Å². The van der Waals surface area contributed by atoms with Crippen LogP contribution in [0.2, 0.25) is 0 Å². The molecular formula is C11H19N3O. The highest BCUT2D eigenvalue weighted by atomic mass is 16.5. The normalized spacial score (nSPS) is 26.5. The first-order chi connectivity index (χ1) is 7.28. The largest absolute Gasteiger partial charge is 0.335 e. The van der Waals surface area contributed by atoms with Crippen LogP contribution in [0.3, 0.4) is 0 Å². The molecule has 84 valence electrons. The van der Waals surface area contributed by atoms with Crippen LogP contribution in [0.1, 0.15) is 44.9 Å². The van der Waals surface area contributed by atoms with E-state index in [0.717, 1.165) is 5.92 Å². The van der Waals surface area contributed by atoms with E-state index in [-0.39, 0.29) is 0 Å². The number of hydrogen-bond acceptors (Lipinski definition) is 4. The molecular weight excluding hydrogens is 190 g/mol. The number of rotatable bonds is 3. The molecule has 1 saturated carbocycles. The molecule has 1 N–H and O–H groups in total. The van der Waals surface area contributed by atoms with Gasteiger partial charge in [0.1, 0.15) is 0 Å². The molecule has 0 aliphatic heterocycles. The van der Waals surface area contributed by atoms with Crippen molar-refractivity contribution in [1.29, 1.82) is 0 Å². The SMILES string of the molecule is CCC1CCCC(Nc2nc(C)no2)C1. The van der Waals surface area contributed by atoms with E-state index in [1.807, 2.05) is 6.92 Å². The van der Waals surface area contributed by atoms with E-state index in [9.17, 15) is 0 Å². The van der Waals surface area contributed by atoms with Crippen molar-refractivity contribution in [3.8, 4) is 0 Å². The quantitative estimate of drug-likeness (QED) is 0.831. The third-order valence-corrected chi connectivity index (χ3v) is 3.22. The van der Waals surface area contributed by atoms with Crippen molar-refractivity contribution in [3.63, 3.8) is 0 Å². The molecule has 1 aliphatic rings. The molecule has 0 aromatic carbocycles. The summed E-state index contributed by atoms with van der Waals surface area (Å²) < 4.78 is 5.06. The van der Waals surface area contributed by atoms with Crippen LogP contribution in [-0.2, 0) is 0 Å². The van der Waals surface area contributed by atoms with Gasteiger partial charge in [-0.05, 0) is 25.7 Å². The molecule has 1 heterocycles. The van der Waals surface area contributed by atoms with Crippen LogP contribution >= 0.6 is 0 Å². The van der Waals surface area contributed by atoms with E-state index in [4.69, 9.17) is 4.52 Å². The molecule has 2 unspecified atom stereocenters. The van der Waals surface area contributed by atoms with E-state index in [1.54, 1.807) is 0 Å². The van der Waals surface area contributed by atoms with Gasteiger partial charge in [-0.25, -0.2) is 0 Å².